The van der Waals surface area contributed by atoms with Gasteiger partial charge in [0.1, 0.15) is 5.75 Å². The molecule has 8 heteroatoms. The molecular weight excluding hydrogens is 442 g/mol. The monoisotopic (exact) mass is 471 g/mol. The molecule has 0 atom stereocenters. The van der Waals surface area contributed by atoms with Gasteiger partial charge in [0.2, 0.25) is 10.0 Å². The predicted octanol–water partition coefficient (Wildman–Crippen LogP) is 4.18. The van der Waals surface area contributed by atoms with Crippen LogP contribution in [0, 0.1) is 20.8 Å². The number of hydrogen-bond donors (Lipinski definition) is 0. The summed E-state index contributed by atoms with van der Waals surface area (Å²) >= 11 is 1.61. The second-order valence-corrected chi connectivity index (χ2v) is 10.9. The molecule has 1 saturated heterocycles. The van der Waals surface area contributed by atoms with Gasteiger partial charge in [-0.1, -0.05) is 35.9 Å². The van der Waals surface area contributed by atoms with Crippen molar-refractivity contribution in [3.8, 4) is 5.75 Å². The highest BCUT2D eigenvalue weighted by molar-refractivity contribution is 7.89. The first-order chi connectivity index (χ1) is 15.3. The summed E-state index contributed by atoms with van der Waals surface area (Å²) in [6, 6.07) is 11.9. The summed E-state index contributed by atoms with van der Waals surface area (Å²) in [5.41, 5.74) is 4.80. The fourth-order valence-electron chi connectivity index (χ4n) is 4.39. The van der Waals surface area contributed by atoms with Crippen molar-refractivity contribution in [3.63, 3.8) is 0 Å². The van der Waals surface area contributed by atoms with Crippen molar-refractivity contribution in [2.24, 2.45) is 0 Å². The molecule has 1 aromatic heterocycles. The van der Waals surface area contributed by atoms with E-state index in [4.69, 9.17) is 9.72 Å². The first-order valence-electron chi connectivity index (χ1n) is 10.7. The Morgan fingerprint density at radius 2 is 1.69 bits per heavy atom. The zero-order valence-corrected chi connectivity index (χ0v) is 20.6. The predicted molar refractivity (Wildman–Crippen MR) is 130 cm³/mol. The van der Waals surface area contributed by atoms with Crippen molar-refractivity contribution in [2.75, 3.05) is 38.2 Å². The zero-order valence-electron chi connectivity index (χ0n) is 19.0. The molecule has 0 aliphatic carbocycles. The van der Waals surface area contributed by atoms with E-state index in [0.717, 1.165) is 38.8 Å². The van der Waals surface area contributed by atoms with E-state index in [9.17, 15) is 8.42 Å². The van der Waals surface area contributed by atoms with E-state index in [1.54, 1.807) is 22.8 Å². The van der Waals surface area contributed by atoms with Gasteiger partial charge in [0.25, 0.3) is 0 Å². The van der Waals surface area contributed by atoms with E-state index in [-0.39, 0.29) is 0 Å². The van der Waals surface area contributed by atoms with Crippen LogP contribution in [0.5, 0.6) is 5.75 Å². The summed E-state index contributed by atoms with van der Waals surface area (Å²) in [6.07, 6.45) is 0.709. The third-order valence-electron chi connectivity index (χ3n) is 5.82. The normalized spacial score (nSPS) is 15.2. The molecule has 1 aliphatic rings. The minimum Gasteiger partial charge on any atom is -0.496 e. The zero-order chi connectivity index (χ0) is 22.9. The quantitative estimate of drug-likeness (QED) is 0.540. The Kier molecular flexibility index (Phi) is 6.55. The van der Waals surface area contributed by atoms with Crippen molar-refractivity contribution in [1.29, 1.82) is 0 Å². The topological polar surface area (TPSA) is 62.7 Å². The first kappa shape index (κ1) is 22.8. The highest BCUT2D eigenvalue weighted by Gasteiger charge is 2.31. The van der Waals surface area contributed by atoms with Gasteiger partial charge in [-0.05, 0) is 38.0 Å². The second-order valence-electron chi connectivity index (χ2n) is 8.23. The second kappa shape index (κ2) is 9.21. The Labute approximate surface area is 194 Å². The van der Waals surface area contributed by atoms with Gasteiger partial charge in [-0.2, -0.15) is 4.31 Å². The molecule has 2 heterocycles. The lowest BCUT2D eigenvalue weighted by Crippen LogP contribution is -2.48. The van der Waals surface area contributed by atoms with Crippen LogP contribution in [0.15, 0.2) is 46.7 Å². The fraction of sp³-hybridized carbons (Fsp3) is 0.375. The Bertz CT molecular complexity index is 1190. The SMILES string of the molecule is COc1ccccc1Cc1csc(N2CCN(S(=O)(=O)c3c(C)cc(C)cc3C)CC2)n1. The van der Waals surface area contributed by atoms with E-state index in [0.29, 0.717) is 37.5 Å². The summed E-state index contributed by atoms with van der Waals surface area (Å²) in [7, 11) is -1.83. The smallest absolute Gasteiger partial charge is 0.243 e. The number of sulfonamides is 1. The van der Waals surface area contributed by atoms with Crippen LogP contribution in [0.3, 0.4) is 0 Å². The van der Waals surface area contributed by atoms with E-state index < -0.39 is 10.0 Å². The van der Waals surface area contributed by atoms with Crippen LogP contribution < -0.4 is 9.64 Å². The minimum absolute atomic E-state index is 0.449. The van der Waals surface area contributed by atoms with Gasteiger partial charge in [-0.15, -0.1) is 11.3 Å². The summed E-state index contributed by atoms with van der Waals surface area (Å²) in [5.74, 6) is 0.863. The number of methoxy groups -OCH3 is 1. The molecule has 1 fully saturated rings. The Morgan fingerprint density at radius 1 is 1.03 bits per heavy atom. The van der Waals surface area contributed by atoms with Gasteiger partial charge < -0.3 is 9.64 Å². The lowest BCUT2D eigenvalue weighted by Gasteiger charge is -2.34. The third kappa shape index (κ3) is 4.53. The molecule has 32 heavy (non-hydrogen) atoms. The van der Waals surface area contributed by atoms with Gasteiger partial charge in [0.05, 0.1) is 17.7 Å². The van der Waals surface area contributed by atoms with Crippen LogP contribution in [0.2, 0.25) is 0 Å². The van der Waals surface area contributed by atoms with Crippen molar-refractivity contribution in [2.45, 2.75) is 32.1 Å². The fourth-order valence-corrected chi connectivity index (χ4v) is 7.10. The van der Waals surface area contributed by atoms with Gasteiger partial charge >= 0.3 is 0 Å². The van der Waals surface area contributed by atoms with Crippen molar-refractivity contribution in [1.82, 2.24) is 9.29 Å². The van der Waals surface area contributed by atoms with Crippen LogP contribution in [0.4, 0.5) is 5.13 Å². The van der Waals surface area contributed by atoms with Gasteiger partial charge in [0.15, 0.2) is 5.13 Å². The van der Waals surface area contributed by atoms with Crippen LogP contribution >= 0.6 is 11.3 Å². The lowest BCUT2D eigenvalue weighted by atomic mass is 10.1. The van der Waals surface area contributed by atoms with Crippen molar-refractivity contribution < 1.29 is 13.2 Å². The molecule has 0 bridgehead atoms. The number of aromatic nitrogens is 1. The Hall–Kier alpha value is -2.42. The van der Waals surface area contributed by atoms with Crippen LogP contribution in [0.1, 0.15) is 27.9 Å². The third-order valence-corrected chi connectivity index (χ3v) is 8.97. The molecule has 0 radical (unpaired) electrons. The summed E-state index contributed by atoms with van der Waals surface area (Å²) in [5, 5.41) is 3.01. The number of benzene rings is 2. The molecule has 1 aliphatic heterocycles. The van der Waals surface area contributed by atoms with E-state index in [1.165, 1.54) is 0 Å². The van der Waals surface area contributed by atoms with Gasteiger partial charge in [-0.3, -0.25) is 0 Å². The van der Waals surface area contributed by atoms with Crippen molar-refractivity contribution >= 4 is 26.5 Å². The van der Waals surface area contributed by atoms with Crippen LogP contribution in [0.25, 0.3) is 0 Å². The van der Waals surface area contributed by atoms with Crippen LogP contribution in [-0.4, -0.2) is 51.0 Å². The van der Waals surface area contributed by atoms with E-state index >= 15 is 0 Å². The number of para-hydroxylation sites is 1. The summed E-state index contributed by atoms with van der Waals surface area (Å²) in [4.78, 5) is 7.44. The molecule has 170 valence electrons. The Morgan fingerprint density at radius 3 is 2.34 bits per heavy atom. The van der Waals surface area contributed by atoms with E-state index in [1.807, 2.05) is 51.1 Å². The molecule has 0 amide bonds. The maximum Gasteiger partial charge on any atom is 0.243 e. The standard InChI is InChI=1S/C24H29N3O3S2/c1-17-13-18(2)23(19(3)14-17)32(28,29)27-11-9-26(10-12-27)24-25-21(16-31-24)15-20-7-5-6-8-22(20)30-4/h5-8,13-14,16H,9-12,15H2,1-4H3. The van der Waals surface area contributed by atoms with Crippen LogP contribution in [-0.2, 0) is 16.4 Å². The van der Waals surface area contributed by atoms with Crippen molar-refractivity contribution in [3.05, 3.63) is 69.7 Å². The van der Waals surface area contributed by atoms with Gasteiger partial charge in [-0.25, -0.2) is 13.4 Å². The van der Waals surface area contributed by atoms with E-state index in [2.05, 4.69) is 16.3 Å². The summed E-state index contributed by atoms with van der Waals surface area (Å²) in [6.45, 7) is 7.91. The number of nitrogens with zero attached hydrogens (tertiary/aromatic N) is 3. The molecule has 0 N–H and O–H groups in total. The molecule has 0 spiro atoms. The largest absolute Gasteiger partial charge is 0.496 e. The molecular formula is C24H29N3O3S2. The minimum atomic E-state index is -3.51. The molecule has 2 aromatic carbocycles. The number of anilines is 1. The number of piperazine rings is 1. The average molecular weight is 472 g/mol. The maximum atomic E-state index is 13.3. The van der Waals surface area contributed by atoms with Gasteiger partial charge in [0, 0.05) is 43.5 Å². The summed E-state index contributed by atoms with van der Waals surface area (Å²) < 4.78 is 33.7. The molecule has 0 unspecified atom stereocenters. The molecule has 3 aromatic rings. The maximum absolute atomic E-state index is 13.3. The number of hydrogen-bond acceptors (Lipinski definition) is 6. The molecule has 4 rings (SSSR count). The number of ether oxygens (including phenoxy) is 1. The molecule has 6 nitrogen and oxygen atoms in total. The average Bonchev–Trinajstić information content (AvgIpc) is 3.22. The molecule has 0 saturated carbocycles. The highest BCUT2D eigenvalue weighted by Crippen LogP contribution is 2.29. The number of thiazole rings is 1. The first-order valence-corrected chi connectivity index (χ1v) is 13.0. The number of aryl methyl sites for hydroxylation is 3. The Balaban J connectivity index is 1.44. The highest BCUT2D eigenvalue weighted by atomic mass is 32.2. The number of rotatable bonds is 6. The lowest BCUT2D eigenvalue weighted by molar-refractivity contribution is 0.384.